The van der Waals surface area contributed by atoms with Crippen molar-refractivity contribution in [2.24, 2.45) is 4.99 Å². The maximum absolute atomic E-state index is 14.8. The molecule has 0 spiro atoms. The minimum atomic E-state index is -1.46. The van der Waals surface area contributed by atoms with E-state index in [-0.39, 0.29) is 24.2 Å². The van der Waals surface area contributed by atoms with E-state index in [0.717, 1.165) is 49.8 Å². The first-order valence-electron chi connectivity index (χ1n) is 13.5. The lowest BCUT2D eigenvalue weighted by Crippen LogP contribution is -2.49. The first-order chi connectivity index (χ1) is 19.0. The van der Waals surface area contributed by atoms with Gasteiger partial charge in [0.1, 0.15) is 11.4 Å². The van der Waals surface area contributed by atoms with Crippen LogP contribution in [0, 0.1) is 18.7 Å². The van der Waals surface area contributed by atoms with E-state index >= 15 is 0 Å². The number of aliphatic imine (C=N–C) groups is 1. The van der Waals surface area contributed by atoms with Crippen LogP contribution in [0.15, 0.2) is 39.8 Å². The number of terminal acetylenes is 1. The zero-order valence-electron chi connectivity index (χ0n) is 22.6. The van der Waals surface area contributed by atoms with Crippen molar-refractivity contribution in [3.8, 4) is 12.8 Å². The van der Waals surface area contributed by atoms with Crippen LogP contribution < -0.4 is 10.9 Å². The molecule has 10 heteroatoms. The average molecular weight is 540 g/mol. The number of nitrogens with one attached hydrogen (secondary N) is 1. The zero-order valence-corrected chi connectivity index (χ0v) is 22.6. The fourth-order valence-electron chi connectivity index (χ4n) is 5.61. The van der Waals surface area contributed by atoms with E-state index in [1.165, 1.54) is 10.6 Å². The van der Waals surface area contributed by atoms with Gasteiger partial charge >= 0.3 is 0 Å². The van der Waals surface area contributed by atoms with Gasteiger partial charge in [-0.3, -0.25) is 19.7 Å². The number of β-amino-alcohol motifs (C(OH)–C–C–N with tert-alkyl or cyclic N) is 1. The second kappa shape index (κ2) is 13.4. The minimum Gasteiger partial charge on any atom is -0.382 e. The van der Waals surface area contributed by atoms with E-state index in [4.69, 9.17) is 9.47 Å². The molecule has 0 aromatic carbocycles. The molecular formula is C29H38FN5O4. The molecule has 2 aromatic heterocycles. The van der Waals surface area contributed by atoms with Gasteiger partial charge in [-0.1, -0.05) is 0 Å². The fraction of sp³-hybridized carbons (Fsp3) is 0.552. The van der Waals surface area contributed by atoms with Crippen molar-refractivity contribution in [3.05, 3.63) is 51.7 Å². The van der Waals surface area contributed by atoms with Crippen LogP contribution in [0.5, 0.6) is 0 Å². The summed E-state index contributed by atoms with van der Waals surface area (Å²) in [5.74, 6) is -0.569. The number of halogens is 1. The topological polar surface area (TPSA) is 101 Å². The van der Waals surface area contributed by atoms with Crippen LogP contribution in [0.2, 0.25) is 0 Å². The van der Waals surface area contributed by atoms with Crippen LogP contribution in [-0.4, -0.2) is 90.5 Å². The molecule has 210 valence electrons. The molecule has 2 aromatic rings. The number of rotatable bonds is 7. The maximum Gasteiger partial charge on any atom is 0.251 e. The SMILES string of the molecule is C#C.CCN=C(C=C1COCCCOC1)CNC1CCN(CC2(O)Cn3c(=O)ccc4ncc(F)c2c43)CC1. The molecular weight excluding hydrogens is 501 g/mol. The highest BCUT2D eigenvalue weighted by atomic mass is 19.1. The molecule has 3 aliphatic heterocycles. The Morgan fingerprint density at radius 1 is 1.28 bits per heavy atom. The zero-order chi connectivity index (χ0) is 27.8. The summed E-state index contributed by atoms with van der Waals surface area (Å²) < 4.78 is 27.7. The quantitative estimate of drug-likeness (QED) is 0.409. The number of aromatic nitrogens is 2. The van der Waals surface area contributed by atoms with E-state index in [9.17, 15) is 14.3 Å². The number of aliphatic hydroxyl groups is 1. The van der Waals surface area contributed by atoms with Gasteiger partial charge in [0.05, 0.1) is 42.6 Å². The van der Waals surface area contributed by atoms with Crippen molar-refractivity contribution >= 4 is 16.7 Å². The smallest absolute Gasteiger partial charge is 0.251 e. The molecule has 2 N–H and O–H groups in total. The minimum absolute atomic E-state index is 0.0399. The second-order valence-electron chi connectivity index (χ2n) is 10.2. The van der Waals surface area contributed by atoms with E-state index in [2.05, 4.69) is 39.1 Å². The highest BCUT2D eigenvalue weighted by Crippen LogP contribution is 2.37. The van der Waals surface area contributed by atoms with Gasteiger partial charge in [-0.15, -0.1) is 12.8 Å². The van der Waals surface area contributed by atoms with Crippen molar-refractivity contribution < 1.29 is 19.0 Å². The van der Waals surface area contributed by atoms with Gasteiger partial charge in [0.2, 0.25) is 0 Å². The van der Waals surface area contributed by atoms with Crippen LogP contribution in [0.4, 0.5) is 4.39 Å². The number of hydrogen-bond donors (Lipinski definition) is 2. The standard InChI is InChI=1S/C27H36FN5O4.C2H2/c1-2-29-21(12-19-15-36-10-3-11-37-16-19)13-30-20-6-8-32(9-7-20)17-27(35)18-33-24(34)5-4-23-26(33)25(27)22(28)14-31-23;1-2/h4-5,12,14,20,30,35H,2-3,6-11,13,15-18H2,1H3;1-2H. The first-order valence-corrected chi connectivity index (χ1v) is 13.5. The monoisotopic (exact) mass is 539 g/mol. The van der Waals surface area contributed by atoms with Crippen molar-refractivity contribution in [1.82, 2.24) is 19.8 Å². The summed E-state index contributed by atoms with van der Waals surface area (Å²) in [5.41, 5.74) is 1.49. The molecule has 1 atom stereocenters. The van der Waals surface area contributed by atoms with E-state index in [1.807, 2.05) is 6.92 Å². The van der Waals surface area contributed by atoms with Crippen LogP contribution in [0.25, 0.3) is 11.0 Å². The molecule has 0 bridgehead atoms. The highest BCUT2D eigenvalue weighted by Gasteiger charge is 2.43. The summed E-state index contributed by atoms with van der Waals surface area (Å²) >= 11 is 0. The average Bonchev–Trinajstić information content (AvgIpc) is 3.24. The van der Waals surface area contributed by atoms with Crippen LogP contribution >= 0.6 is 0 Å². The largest absolute Gasteiger partial charge is 0.382 e. The number of piperidine rings is 1. The van der Waals surface area contributed by atoms with Gasteiger partial charge < -0.3 is 24.5 Å². The van der Waals surface area contributed by atoms with Crippen molar-refractivity contribution in [2.45, 2.75) is 44.4 Å². The van der Waals surface area contributed by atoms with Gasteiger partial charge in [-0.05, 0) is 57.0 Å². The van der Waals surface area contributed by atoms with E-state index < -0.39 is 11.4 Å². The van der Waals surface area contributed by atoms with Gasteiger partial charge in [-0.25, -0.2) is 4.39 Å². The summed E-state index contributed by atoms with van der Waals surface area (Å²) in [7, 11) is 0. The fourth-order valence-corrected chi connectivity index (χ4v) is 5.61. The Hall–Kier alpha value is -2.94. The van der Waals surface area contributed by atoms with Gasteiger partial charge in [-0.2, -0.15) is 0 Å². The van der Waals surface area contributed by atoms with Crippen molar-refractivity contribution in [1.29, 1.82) is 0 Å². The Bertz CT molecular complexity index is 1270. The Morgan fingerprint density at radius 3 is 2.69 bits per heavy atom. The second-order valence-corrected chi connectivity index (χ2v) is 10.2. The predicted molar refractivity (Wildman–Crippen MR) is 150 cm³/mol. The van der Waals surface area contributed by atoms with Crippen LogP contribution in [0.1, 0.15) is 31.7 Å². The molecule has 3 aliphatic rings. The molecule has 2 saturated heterocycles. The summed E-state index contributed by atoms with van der Waals surface area (Å²) in [6.07, 6.45) is 14.0. The molecule has 0 aliphatic carbocycles. The Kier molecular flexibility index (Phi) is 9.99. The van der Waals surface area contributed by atoms with Gasteiger partial charge in [0, 0.05) is 50.7 Å². The molecule has 39 heavy (non-hydrogen) atoms. The third-order valence-corrected chi connectivity index (χ3v) is 7.37. The molecule has 9 nitrogen and oxygen atoms in total. The van der Waals surface area contributed by atoms with Gasteiger partial charge in [0.25, 0.3) is 5.56 Å². The molecule has 2 fully saturated rings. The summed E-state index contributed by atoms with van der Waals surface area (Å²) in [5, 5.41) is 15.2. The maximum atomic E-state index is 14.8. The lowest BCUT2D eigenvalue weighted by atomic mass is 9.93. The Balaban J connectivity index is 0.00000172. The predicted octanol–water partition coefficient (Wildman–Crippen LogP) is 1.86. The number of nitrogens with zero attached hydrogens (tertiary/aromatic N) is 4. The molecule has 5 heterocycles. The number of hydrogen-bond acceptors (Lipinski definition) is 8. The summed E-state index contributed by atoms with van der Waals surface area (Å²) in [4.78, 5) is 23.3. The number of pyridine rings is 2. The molecule has 1 unspecified atom stereocenters. The van der Waals surface area contributed by atoms with Crippen LogP contribution in [0.3, 0.4) is 0 Å². The lowest BCUT2D eigenvalue weighted by molar-refractivity contribution is -0.0158. The van der Waals surface area contributed by atoms with Crippen LogP contribution in [-0.2, 0) is 21.6 Å². The third-order valence-electron chi connectivity index (χ3n) is 7.37. The molecule has 0 amide bonds. The Labute approximate surface area is 228 Å². The molecule has 5 rings (SSSR count). The number of likely N-dealkylation sites (tertiary alicyclic amines) is 1. The van der Waals surface area contributed by atoms with E-state index in [0.29, 0.717) is 56.6 Å². The van der Waals surface area contributed by atoms with E-state index in [1.54, 1.807) is 6.07 Å². The summed E-state index contributed by atoms with van der Waals surface area (Å²) in [6, 6.07) is 3.33. The van der Waals surface area contributed by atoms with Crippen molar-refractivity contribution in [2.75, 3.05) is 59.2 Å². The first kappa shape index (κ1) is 29.1. The third kappa shape index (κ3) is 6.80. The molecule has 0 saturated carbocycles. The summed E-state index contributed by atoms with van der Waals surface area (Å²) in [6.45, 7) is 7.83. The highest BCUT2D eigenvalue weighted by molar-refractivity contribution is 5.97. The normalized spacial score (nSPS) is 22.7. The molecule has 0 radical (unpaired) electrons. The Morgan fingerprint density at radius 2 is 2.00 bits per heavy atom. The van der Waals surface area contributed by atoms with Crippen molar-refractivity contribution in [3.63, 3.8) is 0 Å². The number of ether oxygens (including phenoxy) is 2. The van der Waals surface area contributed by atoms with Gasteiger partial charge in [0.15, 0.2) is 0 Å². The lowest BCUT2D eigenvalue weighted by Gasteiger charge is -2.37.